The summed E-state index contributed by atoms with van der Waals surface area (Å²) in [5.74, 6) is 0.281. The molecule has 0 unspecified atom stereocenters. The van der Waals surface area contributed by atoms with E-state index in [4.69, 9.17) is 4.74 Å². The van der Waals surface area contributed by atoms with Crippen molar-refractivity contribution in [1.29, 1.82) is 0 Å². The fourth-order valence-corrected chi connectivity index (χ4v) is 5.44. The number of carbonyl (C=O) groups excluding carboxylic acids is 2. The predicted octanol–water partition coefficient (Wildman–Crippen LogP) is 5.25. The van der Waals surface area contributed by atoms with Gasteiger partial charge in [0.15, 0.2) is 0 Å². The van der Waals surface area contributed by atoms with E-state index in [2.05, 4.69) is 43.0 Å². The first-order valence-corrected chi connectivity index (χ1v) is 13.5. The highest BCUT2D eigenvalue weighted by Crippen LogP contribution is 2.27. The van der Waals surface area contributed by atoms with E-state index in [1.807, 2.05) is 37.3 Å². The summed E-state index contributed by atoms with van der Waals surface area (Å²) in [6.07, 6.45) is 6.99. The molecule has 3 heterocycles. The van der Waals surface area contributed by atoms with Gasteiger partial charge in [0.05, 0.1) is 12.5 Å². The van der Waals surface area contributed by atoms with Gasteiger partial charge in [-0.1, -0.05) is 6.92 Å². The third-order valence-corrected chi connectivity index (χ3v) is 7.84. The van der Waals surface area contributed by atoms with E-state index in [-0.39, 0.29) is 17.8 Å². The van der Waals surface area contributed by atoms with Crippen LogP contribution < -0.4 is 10.2 Å². The quantitative estimate of drug-likeness (QED) is 0.459. The highest BCUT2D eigenvalue weighted by Gasteiger charge is 2.26. The maximum absolute atomic E-state index is 12.9. The number of nitrogens with zero attached hydrogens (tertiary/aromatic N) is 3. The SMILES string of the molecule is CCOC(=O)C1CCN(c2ccc(C(=O)Nc3cc(CN4CCC[C@H]4CC)c(Br)cn3)cc2)CC1. The monoisotopic (exact) mass is 542 g/mol. The van der Waals surface area contributed by atoms with Crippen molar-refractivity contribution >= 4 is 39.3 Å². The molecular weight excluding hydrogens is 508 g/mol. The van der Waals surface area contributed by atoms with Gasteiger partial charge in [-0.2, -0.15) is 0 Å². The number of piperidine rings is 1. The van der Waals surface area contributed by atoms with Crippen LogP contribution in [-0.4, -0.2) is 54.0 Å². The lowest BCUT2D eigenvalue weighted by Crippen LogP contribution is -2.37. The van der Waals surface area contributed by atoms with E-state index in [1.165, 1.54) is 12.8 Å². The van der Waals surface area contributed by atoms with Gasteiger partial charge in [-0.3, -0.25) is 14.5 Å². The zero-order chi connectivity index (χ0) is 24.8. The molecule has 0 spiro atoms. The second kappa shape index (κ2) is 12.0. The molecule has 4 rings (SSSR count). The van der Waals surface area contributed by atoms with Gasteiger partial charge in [0.2, 0.25) is 0 Å². The number of hydrogen-bond acceptors (Lipinski definition) is 6. The second-order valence-corrected chi connectivity index (χ2v) is 10.2. The fraction of sp³-hybridized carbons (Fsp3) is 0.519. The van der Waals surface area contributed by atoms with Crippen LogP contribution in [0.1, 0.15) is 61.9 Å². The van der Waals surface area contributed by atoms with Gasteiger partial charge < -0.3 is 15.0 Å². The molecule has 0 bridgehead atoms. The maximum atomic E-state index is 12.9. The summed E-state index contributed by atoms with van der Waals surface area (Å²) in [4.78, 5) is 34.0. The number of nitrogens with one attached hydrogen (secondary N) is 1. The number of hydrogen-bond donors (Lipinski definition) is 1. The molecule has 2 aromatic rings. The van der Waals surface area contributed by atoms with Crippen molar-refractivity contribution in [1.82, 2.24) is 9.88 Å². The second-order valence-electron chi connectivity index (χ2n) is 9.35. The van der Waals surface area contributed by atoms with Crippen molar-refractivity contribution in [2.45, 2.75) is 58.5 Å². The number of ether oxygens (including phenoxy) is 1. The van der Waals surface area contributed by atoms with Crippen LogP contribution in [0, 0.1) is 5.92 Å². The first-order valence-electron chi connectivity index (χ1n) is 12.7. The Bertz CT molecular complexity index is 1020. The number of anilines is 2. The number of aromatic nitrogens is 1. The number of pyridine rings is 1. The molecule has 8 heteroatoms. The molecule has 188 valence electrons. The molecule has 0 saturated carbocycles. The van der Waals surface area contributed by atoms with Crippen molar-refractivity contribution < 1.29 is 14.3 Å². The zero-order valence-corrected chi connectivity index (χ0v) is 22.2. The fourth-order valence-electron chi connectivity index (χ4n) is 5.10. The Balaban J connectivity index is 1.34. The summed E-state index contributed by atoms with van der Waals surface area (Å²) in [6, 6.07) is 10.2. The van der Waals surface area contributed by atoms with Crippen molar-refractivity contribution in [2.24, 2.45) is 5.92 Å². The molecule has 2 fully saturated rings. The summed E-state index contributed by atoms with van der Waals surface area (Å²) in [5, 5.41) is 2.95. The van der Waals surface area contributed by atoms with E-state index in [0.717, 1.165) is 61.2 Å². The van der Waals surface area contributed by atoms with E-state index >= 15 is 0 Å². The van der Waals surface area contributed by atoms with Crippen LogP contribution >= 0.6 is 15.9 Å². The molecule has 2 saturated heterocycles. The average Bonchev–Trinajstić information content (AvgIpc) is 3.33. The summed E-state index contributed by atoms with van der Waals surface area (Å²) in [6.45, 7) is 8.08. The van der Waals surface area contributed by atoms with Crippen LogP contribution in [0.4, 0.5) is 11.5 Å². The molecular formula is C27H35BrN4O3. The average molecular weight is 544 g/mol. The number of esters is 1. The molecule has 35 heavy (non-hydrogen) atoms. The Morgan fingerprint density at radius 2 is 1.86 bits per heavy atom. The lowest BCUT2D eigenvalue weighted by atomic mass is 9.96. The summed E-state index contributed by atoms with van der Waals surface area (Å²) in [7, 11) is 0. The number of rotatable bonds is 8. The third-order valence-electron chi connectivity index (χ3n) is 7.13. The van der Waals surface area contributed by atoms with Gasteiger partial charge in [0.1, 0.15) is 5.82 Å². The van der Waals surface area contributed by atoms with E-state index in [0.29, 0.717) is 24.0 Å². The van der Waals surface area contributed by atoms with Gasteiger partial charge in [-0.25, -0.2) is 4.98 Å². The smallest absolute Gasteiger partial charge is 0.309 e. The van der Waals surface area contributed by atoms with Gasteiger partial charge >= 0.3 is 5.97 Å². The lowest BCUT2D eigenvalue weighted by Gasteiger charge is -2.32. The standard InChI is InChI=1S/C27H35BrN4O3/c1-3-22-6-5-13-32(22)18-21-16-25(29-17-24(21)28)30-26(33)19-7-9-23(10-8-19)31-14-11-20(12-15-31)27(34)35-4-2/h7-10,16-17,20,22H,3-6,11-15,18H2,1-2H3,(H,29,30,33)/t22-/m1/s1. The van der Waals surface area contributed by atoms with Gasteiger partial charge in [0, 0.05) is 47.6 Å². The lowest BCUT2D eigenvalue weighted by molar-refractivity contribution is -0.148. The van der Waals surface area contributed by atoms with E-state index in [9.17, 15) is 9.59 Å². The normalized spacial score (nSPS) is 19.1. The molecule has 1 N–H and O–H groups in total. The topological polar surface area (TPSA) is 74.8 Å². The Morgan fingerprint density at radius 3 is 2.54 bits per heavy atom. The van der Waals surface area contributed by atoms with Gasteiger partial charge in [-0.05, 0) is 97.4 Å². The summed E-state index contributed by atoms with van der Waals surface area (Å²) >= 11 is 3.62. The number of benzene rings is 1. The minimum Gasteiger partial charge on any atom is -0.466 e. The van der Waals surface area contributed by atoms with Crippen molar-refractivity contribution in [2.75, 3.05) is 36.5 Å². The Kier molecular flexibility index (Phi) is 8.78. The number of halogens is 1. The molecule has 1 aromatic heterocycles. The number of likely N-dealkylation sites (tertiary alicyclic amines) is 1. The van der Waals surface area contributed by atoms with Crippen molar-refractivity contribution in [3.8, 4) is 0 Å². The van der Waals surface area contributed by atoms with Crippen LogP contribution in [0.15, 0.2) is 41.0 Å². The van der Waals surface area contributed by atoms with Crippen LogP contribution in [0.25, 0.3) is 0 Å². The Hall–Kier alpha value is -2.45. The van der Waals surface area contributed by atoms with E-state index < -0.39 is 0 Å². The minimum atomic E-state index is -0.175. The number of amides is 1. The van der Waals surface area contributed by atoms with E-state index in [1.54, 1.807) is 6.20 Å². The molecule has 1 amide bonds. The first-order chi connectivity index (χ1) is 17.0. The van der Waals surface area contributed by atoms with Crippen LogP contribution in [0.2, 0.25) is 0 Å². The highest BCUT2D eigenvalue weighted by molar-refractivity contribution is 9.10. The predicted molar refractivity (Wildman–Crippen MR) is 142 cm³/mol. The molecule has 0 radical (unpaired) electrons. The van der Waals surface area contributed by atoms with Crippen LogP contribution in [0.3, 0.4) is 0 Å². The first kappa shape index (κ1) is 25.6. The molecule has 1 aromatic carbocycles. The zero-order valence-electron chi connectivity index (χ0n) is 20.6. The Morgan fingerprint density at radius 1 is 1.11 bits per heavy atom. The molecule has 2 aliphatic heterocycles. The van der Waals surface area contributed by atoms with Crippen LogP contribution in [-0.2, 0) is 16.1 Å². The molecule has 2 aliphatic rings. The largest absolute Gasteiger partial charge is 0.466 e. The third kappa shape index (κ3) is 6.41. The highest BCUT2D eigenvalue weighted by atomic mass is 79.9. The van der Waals surface area contributed by atoms with Gasteiger partial charge in [-0.15, -0.1) is 0 Å². The minimum absolute atomic E-state index is 0.0159. The molecule has 0 aliphatic carbocycles. The molecule has 1 atom stereocenters. The Labute approximate surface area is 216 Å². The summed E-state index contributed by atoms with van der Waals surface area (Å²) < 4.78 is 6.12. The van der Waals surface area contributed by atoms with Crippen LogP contribution in [0.5, 0.6) is 0 Å². The number of carbonyl (C=O) groups is 2. The van der Waals surface area contributed by atoms with Crippen molar-refractivity contribution in [3.63, 3.8) is 0 Å². The van der Waals surface area contributed by atoms with Gasteiger partial charge in [0.25, 0.3) is 5.91 Å². The van der Waals surface area contributed by atoms with Crippen molar-refractivity contribution in [3.05, 3.63) is 52.1 Å². The molecule has 7 nitrogen and oxygen atoms in total. The summed E-state index contributed by atoms with van der Waals surface area (Å²) in [5.41, 5.74) is 2.79. The maximum Gasteiger partial charge on any atom is 0.309 e.